The molecule has 2 aliphatic heterocycles. The molecule has 9 heteroatoms. The van der Waals surface area contributed by atoms with E-state index in [1.54, 1.807) is 23.1 Å². The number of hydrogen-bond acceptors (Lipinski definition) is 4. The molecule has 4 rings (SSSR count). The largest absolute Gasteiger partial charge is 0.314 e. The zero-order valence-electron chi connectivity index (χ0n) is 14.6. The number of benzene rings is 2. The Hall–Kier alpha value is -1.54. The number of fused-ring (bicyclic) bond motifs is 1. The molecule has 0 aliphatic carbocycles. The highest BCUT2D eigenvalue weighted by Gasteiger charge is 2.49. The van der Waals surface area contributed by atoms with Gasteiger partial charge in [0.15, 0.2) is 15.0 Å². The first-order chi connectivity index (χ1) is 13.3. The number of carbonyl (C=O) groups excluding carboxylic acids is 1. The highest BCUT2D eigenvalue weighted by atomic mass is 35.5. The van der Waals surface area contributed by atoms with Gasteiger partial charge in [-0.15, -0.1) is 0 Å². The first-order valence-electron chi connectivity index (χ1n) is 8.59. The molecular formula is C19H16Cl2N2O3S2. The molecule has 2 fully saturated rings. The summed E-state index contributed by atoms with van der Waals surface area (Å²) in [6.45, 7) is 0. The van der Waals surface area contributed by atoms with E-state index >= 15 is 0 Å². The SMILES string of the molecule is O=C(Cc1ccccc1)N=C1S[C@@H]2CS(=O)(=O)C[C@H]2N1c1ccc(Cl)cc1Cl. The molecule has 0 spiro atoms. The summed E-state index contributed by atoms with van der Waals surface area (Å²) in [4.78, 5) is 18.6. The van der Waals surface area contributed by atoms with Gasteiger partial charge in [-0.1, -0.05) is 65.3 Å². The van der Waals surface area contributed by atoms with E-state index in [0.29, 0.717) is 20.9 Å². The van der Waals surface area contributed by atoms with Crippen molar-refractivity contribution >= 4 is 61.6 Å². The Balaban J connectivity index is 1.68. The molecule has 0 radical (unpaired) electrons. The van der Waals surface area contributed by atoms with Gasteiger partial charge >= 0.3 is 0 Å². The quantitative estimate of drug-likeness (QED) is 0.704. The van der Waals surface area contributed by atoms with Crippen LogP contribution in [0.1, 0.15) is 5.56 Å². The molecule has 2 aliphatic rings. The minimum absolute atomic E-state index is 0.00944. The van der Waals surface area contributed by atoms with Crippen LogP contribution in [0.15, 0.2) is 53.5 Å². The Morgan fingerprint density at radius 1 is 1.14 bits per heavy atom. The number of nitrogens with zero attached hydrogens (tertiary/aromatic N) is 2. The van der Waals surface area contributed by atoms with Gasteiger partial charge in [0.2, 0.25) is 0 Å². The summed E-state index contributed by atoms with van der Waals surface area (Å²) in [5.74, 6) is -0.211. The number of anilines is 1. The average Bonchev–Trinajstić information content (AvgIpc) is 3.07. The van der Waals surface area contributed by atoms with E-state index in [9.17, 15) is 13.2 Å². The predicted octanol–water partition coefficient (Wildman–Crippen LogP) is 3.84. The van der Waals surface area contributed by atoms with Crippen LogP contribution < -0.4 is 4.90 Å². The number of sulfone groups is 1. The van der Waals surface area contributed by atoms with E-state index < -0.39 is 9.84 Å². The summed E-state index contributed by atoms with van der Waals surface area (Å²) in [6.07, 6.45) is 0.181. The lowest BCUT2D eigenvalue weighted by atomic mass is 10.1. The van der Waals surface area contributed by atoms with Crippen LogP contribution >= 0.6 is 35.0 Å². The Bertz CT molecular complexity index is 1060. The van der Waals surface area contributed by atoms with Crippen LogP contribution in [0.3, 0.4) is 0 Å². The van der Waals surface area contributed by atoms with Crippen LogP contribution in [0.4, 0.5) is 5.69 Å². The number of carbonyl (C=O) groups is 1. The van der Waals surface area contributed by atoms with Crippen molar-refractivity contribution in [3.63, 3.8) is 0 Å². The molecule has 28 heavy (non-hydrogen) atoms. The number of amidine groups is 1. The molecule has 0 aromatic heterocycles. The smallest absolute Gasteiger partial charge is 0.252 e. The Morgan fingerprint density at radius 2 is 1.89 bits per heavy atom. The third-order valence-corrected chi connectivity index (χ3v) is 8.40. The molecule has 2 saturated heterocycles. The lowest BCUT2D eigenvalue weighted by Gasteiger charge is -2.25. The van der Waals surface area contributed by atoms with Crippen molar-refractivity contribution in [2.24, 2.45) is 4.99 Å². The summed E-state index contributed by atoms with van der Waals surface area (Å²) in [5.41, 5.74) is 1.48. The molecule has 0 unspecified atom stereocenters. The fourth-order valence-corrected chi connectivity index (χ4v) is 7.86. The highest BCUT2D eigenvalue weighted by Crippen LogP contribution is 2.43. The third-order valence-electron chi connectivity index (χ3n) is 4.65. The molecule has 2 aromatic rings. The normalized spacial score (nSPS) is 24.5. The maximum atomic E-state index is 12.5. The number of rotatable bonds is 3. The number of amides is 1. The van der Waals surface area contributed by atoms with Crippen molar-refractivity contribution in [1.29, 1.82) is 0 Å². The van der Waals surface area contributed by atoms with E-state index in [-0.39, 0.29) is 35.1 Å². The van der Waals surface area contributed by atoms with Crippen molar-refractivity contribution in [1.82, 2.24) is 0 Å². The summed E-state index contributed by atoms with van der Waals surface area (Å²) in [7, 11) is -3.14. The monoisotopic (exact) mass is 454 g/mol. The van der Waals surface area contributed by atoms with Crippen molar-refractivity contribution in [3.8, 4) is 0 Å². The summed E-state index contributed by atoms with van der Waals surface area (Å²) < 4.78 is 24.3. The van der Waals surface area contributed by atoms with Crippen molar-refractivity contribution in [3.05, 3.63) is 64.1 Å². The van der Waals surface area contributed by atoms with Crippen LogP contribution in [0, 0.1) is 0 Å². The molecule has 2 aromatic carbocycles. The van der Waals surface area contributed by atoms with Gasteiger partial charge in [0.05, 0.1) is 34.7 Å². The first-order valence-corrected chi connectivity index (χ1v) is 12.0. The fourth-order valence-electron chi connectivity index (χ4n) is 3.44. The van der Waals surface area contributed by atoms with E-state index in [2.05, 4.69) is 4.99 Å². The van der Waals surface area contributed by atoms with Crippen molar-refractivity contribution < 1.29 is 13.2 Å². The predicted molar refractivity (Wildman–Crippen MR) is 115 cm³/mol. The van der Waals surface area contributed by atoms with E-state index in [1.165, 1.54) is 11.8 Å². The van der Waals surface area contributed by atoms with Gasteiger partial charge in [0.25, 0.3) is 5.91 Å². The van der Waals surface area contributed by atoms with Gasteiger partial charge in [0, 0.05) is 10.3 Å². The zero-order valence-corrected chi connectivity index (χ0v) is 17.7. The van der Waals surface area contributed by atoms with E-state index in [0.717, 1.165) is 5.56 Å². The summed E-state index contributed by atoms with van der Waals surface area (Å²) >= 11 is 13.7. The molecule has 0 N–H and O–H groups in total. The van der Waals surface area contributed by atoms with Gasteiger partial charge in [0.1, 0.15) is 0 Å². The molecule has 1 amide bonds. The van der Waals surface area contributed by atoms with Gasteiger partial charge in [-0.05, 0) is 23.8 Å². The van der Waals surface area contributed by atoms with Gasteiger partial charge in [-0.3, -0.25) is 4.79 Å². The van der Waals surface area contributed by atoms with Gasteiger partial charge < -0.3 is 4.90 Å². The molecule has 0 bridgehead atoms. The first kappa shape index (κ1) is 19.8. The van der Waals surface area contributed by atoms with Crippen LogP contribution in [0.2, 0.25) is 10.0 Å². The number of aliphatic imine (C=N–C) groups is 1. The van der Waals surface area contributed by atoms with Crippen LogP contribution in [-0.4, -0.2) is 42.3 Å². The second kappa shape index (κ2) is 7.71. The topological polar surface area (TPSA) is 66.8 Å². The van der Waals surface area contributed by atoms with Crippen LogP contribution in [0.25, 0.3) is 0 Å². The Morgan fingerprint density at radius 3 is 2.61 bits per heavy atom. The highest BCUT2D eigenvalue weighted by molar-refractivity contribution is 8.16. The standard InChI is InChI=1S/C19H16Cl2N2O3S2/c20-13-6-7-15(14(21)9-13)23-16-10-28(25,26)11-17(16)27-19(23)22-18(24)8-12-4-2-1-3-5-12/h1-7,9,16-17H,8,10-11H2/t16-,17-/m1/s1. The molecule has 146 valence electrons. The second-order valence-corrected chi connectivity index (χ2v) is 10.9. The Labute approximate surface area is 177 Å². The lowest BCUT2D eigenvalue weighted by Crippen LogP contribution is -2.38. The second-order valence-electron chi connectivity index (χ2n) is 6.72. The minimum Gasteiger partial charge on any atom is -0.314 e. The molecule has 5 nitrogen and oxygen atoms in total. The number of halogens is 2. The van der Waals surface area contributed by atoms with E-state index in [4.69, 9.17) is 23.2 Å². The lowest BCUT2D eigenvalue weighted by molar-refractivity contribution is -0.117. The average molecular weight is 455 g/mol. The zero-order chi connectivity index (χ0) is 19.9. The molecule has 0 saturated carbocycles. The minimum atomic E-state index is -3.14. The molecule has 2 heterocycles. The third kappa shape index (κ3) is 4.08. The van der Waals surface area contributed by atoms with E-state index in [1.807, 2.05) is 30.3 Å². The van der Waals surface area contributed by atoms with Crippen molar-refractivity contribution in [2.45, 2.75) is 17.7 Å². The maximum absolute atomic E-state index is 12.5. The molecular weight excluding hydrogens is 439 g/mol. The summed E-state index contributed by atoms with van der Waals surface area (Å²) in [5, 5.41) is 1.17. The van der Waals surface area contributed by atoms with Gasteiger partial charge in [-0.2, -0.15) is 4.99 Å². The maximum Gasteiger partial charge on any atom is 0.252 e. The molecule has 2 atom stereocenters. The Kier molecular flexibility index (Phi) is 5.44. The van der Waals surface area contributed by atoms with Gasteiger partial charge in [-0.25, -0.2) is 8.42 Å². The van der Waals surface area contributed by atoms with Crippen LogP contribution in [0.5, 0.6) is 0 Å². The number of hydrogen-bond donors (Lipinski definition) is 0. The van der Waals surface area contributed by atoms with Crippen LogP contribution in [-0.2, 0) is 21.1 Å². The summed E-state index contributed by atoms with van der Waals surface area (Å²) in [6, 6.07) is 14.1. The fraction of sp³-hybridized carbons (Fsp3) is 0.263. The van der Waals surface area contributed by atoms with Crippen molar-refractivity contribution in [2.75, 3.05) is 16.4 Å². The number of thioether (sulfide) groups is 1.